The van der Waals surface area contributed by atoms with Crippen molar-refractivity contribution in [1.29, 1.82) is 0 Å². The predicted molar refractivity (Wildman–Crippen MR) is 58.3 cm³/mol. The number of hydrogen-bond acceptors (Lipinski definition) is 6. The van der Waals surface area contributed by atoms with Crippen LogP contribution in [0.5, 0.6) is 0 Å². The molecule has 0 aliphatic rings. The normalized spacial score (nSPS) is 12.3. The van der Waals surface area contributed by atoms with Crippen LogP contribution >= 0.6 is 7.60 Å². The molecule has 1 aromatic carbocycles. The molecule has 0 spiro atoms. The van der Waals surface area contributed by atoms with Crippen LogP contribution in [-0.2, 0) is 18.9 Å². The first-order chi connectivity index (χ1) is 8.12. The Morgan fingerprint density at radius 3 is 2.50 bits per heavy atom. The van der Waals surface area contributed by atoms with Gasteiger partial charge in [-0.3, -0.25) is 18.9 Å². The third kappa shape index (κ3) is 4.17. The number of nitro benzene ring substituents is 1. The first kappa shape index (κ1) is 14.7. The lowest BCUT2D eigenvalue weighted by Crippen LogP contribution is -2.08. The predicted octanol–water partition coefficient (Wildman–Crippen LogP) is 0.435. The third-order valence-electron chi connectivity index (χ3n) is 1.69. The second-order valence-electron chi connectivity index (χ2n) is 3.12. The minimum atomic E-state index is -4.65. The van der Waals surface area contributed by atoms with Gasteiger partial charge >= 0.3 is 7.60 Å². The molecule has 1 rings (SSSR count). The number of benzene rings is 1. The average molecular weight is 297 g/mol. The van der Waals surface area contributed by atoms with Gasteiger partial charge in [0.1, 0.15) is 4.90 Å². The zero-order chi connectivity index (χ0) is 14.0. The summed E-state index contributed by atoms with van der Waals surface area (Å²) in [7, 11) is -9.09. The minimum Gasteiger partial charge on any atom is -0.323 e. The Bertz CT molecular complexity index is 606. The van der Waals surface area contributed by atoms with Crippen molar-refractivity contribution in [1.82, 2.24) is 0 Å². The summed E-state index contributed by atoms with van der Waals surface area (Å²) in [4.78, 5) is 26.1. The van der Waals surface area contributed by atoms with Crippen LogP contribution in [-0.4, -0.2) is 29.5 Å². The van der Waals surface area contributed by atoms with Gasteiger partial charge < -0.3 is 9.79 Å². The highest BCUT2D eigenvalue weighted by molar-refractivity contribution is 7.87. The van der Waals surface area contributed by atoms with Gasteiger partial charge in [-0.05, 0) is 6.07 Å². The van der Waals surface area contributed by atoms with Gasteiger partial charge in [-0.2, -0.15) is 8.42 Å². The standard InChI is InChI=1S/C7H8NO8PS/c9-8(10)6-2-1-3-7(4-6)18(14,15)16-5-17(11,12)13/h1-4H,5H2,(H2,11,12,13). The van der Waals surface area contributed by atoms with Gasteiger partial charge in [0.15, 0.2) is 6.35 Å². The average Bonchev–Trinajstić information content (AvgIpc) is 2.26. The second-order valence-corrected chi connectivity index (χ2v) is 6.32. The molecule has 2 N–H and O–H groups in total. The summed E-state index contributed by atoms with van der Waals surface area (Å²) in [5, 5.41) is 10.4. The molecule has 0 saturated carbocycles. The van der Waals surface area contributed by atoms with Crippen molar-refractivity contribution in [3.63, 3.8) is 0 Å². The summed E-state index contributed by atoms with van der Waals surface area (Å²) in [6.45, 7) is 0. The summed E-state index contributed by atoms with van der Waals surface area (Å²) in [6.07, 6.45) is -1.32. The first-order valence-corrected chi connectivity index (χ1v) is 7.51. The van der Waals surface area contributed by atoms with Gasteiger partial charge in [-0.25, -0.2) is 0 Å². The van der Waals surface area contributed by atoms with Gasteiger partial charge in [0, 0.05) is 12.1 Å². The van der Waals surface area contributed by atoms with E-state index in [9.17, 15) is 23.1 Å². The molecule has 0 aliphatic carbocycles. The van der Waals surface area contributed by atoms with Crippen LogP contribution < -0.4 is 0 Å². The highest BCUT2D eigenvalue weighted by atomic mass is 32.2. The summed E-state index contributed by atoms with van der Waals surface area (Å²) in [6, 6.07) is 3.94. The second kappa shape index (κ2) is 5.12. The van der Waals surface area contributed by atoms with Crippen molar-refractivity contribution in [3.8, 4) is 0 Å². The third-order valence-corrected chi connectivity index (χ3v) is 3.59. The maximum absolute atomic E-state index is 11.5. The molecule has 0 radical (unpaired) electrons. The molecule has 0 atom stereocenters. The Labute approximate surface area is 101 Å². The van der Waals surface area contributed by atoms with Crippen molar-refractivity contribution < 1.29 is 31.9 Å². The molecule has 0 saturated heterocycles. The zero-order valence-electron chi connectivity index (χ0n) is 8.66. The van der Waals surface area contributed by atoms with Crippen LogP contribution in [0.1, 0.15) is 0 Å². The minimum absolute atomic E-state index is 0.476. The summed E-state index contributed by atoms with van der Waals surface area (Å²) in [5.41, 5.74) is -0.476. The van der Waals surface area contributed by atoms with Crippen molar-refractivity contribution in [2.75, 3.05) is 6.35 Å². The highest BCUT2D eigenvalue weighted by Gasteiger charge is 2.23. The quantitative estimate of drug-likeness (QED) is 0.344. The lowest BCUT2D eigenvalue weighted by atomic mass is 10.3. The molecule has 0 aromatic heterocycles. The molecular weight excluding hydrogens is 289 g/mol. The lowest BCUT2D eigenvalue weighted by Gasteiger charge is -2.06. The number of rotatable bonds is 5. The molecule has 0 unspecified atom stereocenters. The highest BCUT2D eigenvalue weighted by Crippen LogP contribution is 2.35. The zero-order valence-corrected chi connectivity index (χ0v) is 10.4. The SMILES string of the molecule is O=[N+]([O-])c1cccc(S(=O)(=O)OCP(=O)(O)O)c1. The first-order valence-electron chi connectivity index (χ1n) is 4.30. The Kier molecular flexibility index (Phi) is 4.20. The van der Waals surface area contributed by atoms with Crippen LogP contribution in [0.25, 0.3) is 0 Å². The van der Waals surface area contributed by atoms with Crippen LogP contribution in [0.2, 0.25) is 0 Å². The Morgan fingerprint density at radius 2 is 2.00 bits per heavy atom. The van der Waals surface area contributed by atoms with E-state index in [4.69, 9.17) is 9.79 Å². The summed E-state index contributed by atoms with van der Waals surface area (Å²) < 4.78 is 37.5. The molecule has 18 heavy (non-hydrogen) atoms. The summed E-state index contributed by atoms with van der Waals surface area (Å²) in [5.74, 6) is 0. The fourth-order valence-corrected chi connectivity index (χ4v) is 2.71. The summed E-state index contributed by atoms with van der Waals surface area (Å²) >= 11 is 0. The van der Waals surface area contributed by atoms with E-state index < -0.39 is 39.6 Å². The number of hydrogen-bond donors (Lipinski definition) is 2. The molecule has 0 heterocycles. The van der Waals surface area contributed by atoms with Crippen LogP contribution in [0.4, 0.5) is 5.69 Å². The number of non-ortho nitro benzene ring substituents is 1. The fraction of sp³-hybridized carbons (Fsp3) is 0.143. The van der Waals surface area contributed by atoms with Crippen molar-refractivity contribution in [2.24, 2.45) is 0 Å². The van der Waals surface area contributed by atoms with Gasteiger partial charge in [0.25, 0.3) is 15.8 Å². The molecule has 1 aromatic rings. The van der Waals surface area contributed by atoms with E-state index in [0.29, 0.717) is 0 Å². The van der Waals surface area contributed by atoms with Gasteiger partial charge in [-0.15, -0.1) is 0 Å². The van der Waals surface area contributed by atoms with E-state index in [1.165, 1.54) is 0 Å². The maximum Gasteiger partial charge on any atom is 0.352 e. The van der Waals surface area contributed by atoms with E-state index >= 15 is 0 Å². The van der Waals surface area contributed by atoms with Gasteiger partial charge in [0.2, 0.25) is 0 Å². The van der Waals surface area contributed by atoms with Crippen LogP contribution in [0, 0.1) is 10.1 Å². The Hall–Kier alpha value is -1.32. The van der Waals surface area contributed by atoms with E-state index in [0.717, 1.165) is 24.3 Å². The van der Waals surface area contributed by atoms with Gasteiger partial charge in [0.05, 0.1) is 4.92 Å². The smallest absolute Gasteiger partial charge is 0.323 e. The largest absolute Gasteiger partial charge is 0.352 e. The maximum atomic E-state index is 11.5. The van der Waals surface area contributed by atoms with Crippen LogP contribution in [0.3, 0.4) is 0 Å². The number of nitro groups is 1. The van der Waals surface area contributed by atoms with E-state index in [1.54, 1.807) is 0 Å². The Balaban J connectivity index is 3.02. The Morgan fingerprint density at radius 1 is 1.39 bits per heavy atom. The molecule has 11 heteroatoms. The van der Waals surface area contributed by atoms with Crippen molar-refractivity contribution in [2.45, 2.75) is 4.90 Å². The topological polar surface area (TPSA) is 144 Å². The number of nitrogens with zero attached hydrogens (tertiary/aromatic N) is 1. The molecule has 0 amide bonds. The van der Waals surface area contributed by atoms with E-state index in [1.807, 2.05) is 0 Å². The molecule has 9 nitrogen and oxygen atoms in total. The van der Waals surface area contributed by atoms with Crippen LogP contribution in [0.15, 0.2) is 29.2 Å². The lowest BCUT2D eigenvalue weighted by molar-refractivity contribution is -0.385. The van der Waals surface area contributed by atoms with Gasteiger partial charge in [-0.1, -0.05) is 6.07 Å². The molecule has 100 valence electrons. The molecular formula is C7H8NO8PS. The van der Waals surface area contributed by atoms with E-state index in [2.05, 4.69) is 4.18 Å². The van der Waals surface area contributed by atoms with E-state index in [-0.39, 0.29) is 0 Å². The molecule has 0 fully saturated rings. The fourth-order valence-electron chi connectivity index (χ4n) is 0.959. The van der Waals surface area contributed by atoms with Crippen molar-refractivity contribution >= 4 is 23.4 Å². The monoisotopic (exact) mass is 297 g/mol. The molecule has 0 aliphatic heterocycles. The molecule has 0 bridgehead atoms. The van der Waals surface area contributed by atoms with Crippen molar-refractivity contribution in [3.05, 3.63) is 34.4 Å².